The molecule has 0 saturated heterocycles. The van der Waals surface area contributed by atoms with Crippen LogP contribution in [0.5, 0.6) is 5.88 Å². The van der Waals surface area contributed by atoms with E-state index in [1.54, 1.807) is 23.6 Å². The van der Waals surface area contributed by atoms with Crippen molar-refractivity contribution < 1.29 is 9.53 Å². The highest BCUT2D eigenvalue weighted by molar-refractivity contribution is 7.99. The summed E-state index contributed by atoms with van der Waals surface area (Å²) in [6.07, 6.45) is -0.667. The summed E-state index contributed by atoms with van der Waals surface area (Å²) in [5.74, 6) is 2.09. The Balaban J connectivity index is 1.91. The minimum Gasteiger partial charge on any atom is -0.447 e. The quantitative estimate of drug-likeness (QED) is 0.393. The van der Waals surface area contributed by atoms with Gasteiger partial charge in [-0.3, -0.25) is 9.69 Å². The first kappa shape index (κ1) is 24.2. The summed E-state index contributed by atoms with van der Waals surface area (Å²) in [6, 6.07) is 12.4. The van der Waals surface area contributed by atoms with Crippen molar-refractivity contribution in [1.82, 2.24) is 15.2 Å². The molecule has 1 unspecified atom stereocenters. The molecule has 0 saturated carbocycles. The minimum absolute atomic E-state index is 0.110. The summed E-state index contributed by atoms with van der Waals surface area (Å²) in [5.41, 5.74) is 6.32. The SMILES string of the molecule is CC(=O)N1c2c(C)cc(C)cc2-c2nnc(SCC(C)C)nc2OC1c1ccc(C(C)C)cc1. The maximum Gasteiger partial charge on any atom is 0.247 e. The van der Waals surface area contributed by atoms with E-state index in [4.69, 9.17) is 9.72 Å². The first-order chi connectivity index (χ1) is 16.2. The fourth-order valence-corrected chi connectivity index (χ4v) is 4.90. The van der Waals surface area contributed by atoms with E-state index < -0.39 is 6.23 Å². The van der Waals surface area contributed by atoms with Gasteiger partial charge in [-0.05, 0) is 42.9 Å². The van der Waals surface area contributed by atoms with E-state index >= 15 is 0 Å². The fourth-order valence-electron chi connectivity index (χ4n) is 4.17. The molecule has 178 valence electrons. The van der Waals surface area contributed by atoms with Crippen molar-refractivity contribution >= 4 is 23.4 Å². The number of amides is 1. The highest BCUT2D eigenvalue weighted by Gasteiger charge is 2.36. The van der Waals surface area contributed by atoms with Crippen LogP contribution >= 0.6 is 11.8 Å². The predicted molar refractivity (Wildman–Crippen MR) is 137 cm³/mol. The van der Waals surface area contributed by atoms with E-state index in [1.165, 1.54) is 5.56 Å². The Morgan fingerprint density at radius 2 is 1.79 bits per heavy atom. The number of nitrogens with zero attached hydrogens (tertiary/aromatic N) is 4. The molecule has 1 aromatic heterocycles. The number of aromatic nitrogens is 3. The molecule has 0 bridgehead atoms. The van der Waals surface area contributed by atoms with Gasteiger partial charge in [0.1, 0.15) is 0 Å². The van der Waals surface area contributed by atoms with Gasteiger partial charge in [0.2, 0.25) is 23.2 Å². The smallest absolute Gasteiger partial charge is 0.247 e. The zero-order valence-electron chi connectivity index (χ0n) is 20.9. The average Bonchev–Trinajstić information content (AvgIpc) is 2.92. The Morgan fingerprint density at radius 3 is 2.41 bits per heavy atom. The topological polar surface area (TPSA) is 68.2 Å². The van der Waals surface area contributed by atoms with Crippen molar-refractivity contribution in [3.63, 3.8) is 0 Å². The zero-order valence-corrected chi connectivity index (χ0v) is 21.7. The number of ether oxygens (including phenoxy) is 1. The van der Waals surface area contributed by atoms with Gasteiger partial charge in [0.15, 0.2) is 5.69 Å². The Morgan fingerprint density at radius 1 is 1.09 bits per heavy atom. The van der Waals surface area contributed by atoms with E-state index in [0.717, 1.165) is 33.7 Å². The number of benzene rings is 2. The molecule has 1 amide bonds. The number of hydrogen-bond donors (Lipinski definition) is 0. The summed E-state index contributed by atoms with van der Waals surface area (Å²) in [7, 11) is 0. The highest BCUT2D eigenvalue weighted by Crippen LogP contribution is 2.45. The molecule has 2 aromatic carbocycles. The number of carbonyl (C=O) groups is 1. The van der Waals surface area contributed by atoms with Gasteiger partial charge in [-0.2, -0.15) is 4.98 Å². The van der Waals surface area contributed by atoms with Crippen LogP contribution in [-0.2, 0) is 4.79 Å². The summed E-state index contributed by atoms with van der Waals surface area (Å²) < 4.78 is 6.52. The zero-order chi connectivity index (χ0) is 24.6. The Kier molecular flexibility index (Phi) is 6.94. The van der Waals surface area contributed by atoms with Crippen LogP contribution in [0.3, 0.4) is 0 Å². The molecule has 0 aliphatic carbocycles. The molecular weight excluding hydrogens is 444 g/mol. The van der Waals surface area contributed by atoms with Crippen molar-refractivity contribution in [2.45, 2.75) is 65.8 Å². The molecule has 4 rings (SSSR count). The van der Waals surface area contributed by atoms with E-state index in [-0.39, 0.29) is 5.91 Å². The van der Waals surface area contributed by atoms with Crippen LogP contribution < -0.4 is 9.64 Å². The van der Waals surface area contributed by atoms with Gasteiger partial charge in [-0.25, -0.2) is 0 Å². The van der Waals surface area contributed by atoms with Gasteiger partial charge in [0.05, 0.1) is 5.69 Å². The second-order valence-corrected chi connectivity index (χ2v) is 10.6. The number of rotatable bonds is 5. The van der Waals surface area contributed by atoms with Crippen molar-refractivity contribution in [2.75, 3.05) is 10.7 Å². The maximum atomic E-state index is 13.1. The summed E-state index contributed by atoms with van der Waals surface area (Å²) in [6.45, 7) is 14.3. The van der Waals surface area contributed by atoms with Gasteiger partial charge in [-0.15, -0.1) is 10.2 Å². The number of aryl methyl sites for hydroxylation is 2. The predicted octanol–water partition coefficient (Wildman–Crippen LogP) is 6.47. The second kappa shape index (κ2) is 9.74. The van der Waals surface area contributed by atoms with E-state index in [2.05, 4.69) is 56.1 Å². The molecule has 6 nitrogen and oxygen atoms in total. The third kappa shape index (κ3) is 4.80. The van der Waals surface area contributed by atoms with Gasteiger partial charge in [-0.1, -0.05) is 75.4 Å². The van der Waals surface area contributed by atoms with Crippen molar-refractivity contribution in [2.24, 2.45) is 5.92 Å². The van der Waals surface area contributed by atoms with E-state index in [9.17, 15) is 4.79 Å². The number of carbonyl (C=O) groups excluding carboxylic acids is 1. The first-order valence-corrected chi connectivity index (χ1v) is 12.7. The number of fused-ring (bicyclic) bond motifs is 3. The molecule has 0 spiro atoms. The molecule has 1 atom stereocenters. The number of hydrogen-bond acceptors (Lipinski definition) is 6. The van der Waals surface area contributed by atoms with Crippen molar-refractivity contribution in [1.29, 1.82) is 0 Å². The lowest BCUT2D eigenvalue weighted by Gasteiger charge is -2.31. The standard InChI is InChI=1S/C27H32N4O2S/c1-15(2)14-34-27-28-25-23(29-30-27)22-13-17(5)12-18(6)24(22)31(19(7)32)26(33-25)21-10-8-20(9-11-21)16(3)4/h8-13,15-16,26H,14H2,1-7H3. The van der Waals surface area contributed by atoms with Crippen LogP contribution in [0.4, 0.5) is 5.69 Å². The second-order valence-electron chi connectivity index (χ2n) is 9.61. The lowest BCUT2D eigenvalue weighted by molar-refractivity contribution is -0.118. The number of thioether (sulfide) groups is 1. The van der Waals surface area contributed by atoms with E-state index in [1.807, 2.05) is 32.0 Å². The monoisotopic (exact) mass is 476 g/mol. The molecule has 0 fully saturated rings. The van der Waals surface area contributed by atoms with Gasteiger partial charge in [0.25, 0.3) is 0 Å². The third-order valence-electron chi connectivity index (χ3n) is 5.81. The first-order valence-electron chi connectivity index (χ1n) is 11.7. The highest BCUT2D eigenvalue weighted by atomic mass is 32.2. The van der Waals surface area contributed by atoms with Crippen LogP contribution in [0.2, 0.25) is 0 Å². The molecule has 1 aliphatic rings. The molecular formula is C27H32N4O2S. The minimum atomic E-state index is -0.667. The summed E-state index contributed by atoms with van der Waals surface area (Å²) in [4.78, 5) is 19.6. The molecule has 2 heterocycles. The van der Waals surface area contributed by atoms with E-state index in [0.29, 0.717) is 28.6 Å². The van der Waals surface area contributed by atoms with Crippen molar-refractivity contribution in [3.05, 3.63) is 58.7 Å². The average molecular weight is 477 g/mol. The lowest BCUT2D eigenvalue weighted by Crippen LogP contribution is -2.36. The molecule has 3 aromatic rings. The van der Waals surface area contributed by atoms with Gasteiger partial charge in [0, 0.05) is 23.8 Å². The Hall–Kier alpha value is -2.93. The largest absolute Gasteiger partial charge is 0.447 e. The van der Waals surface area contributed by atoms with Gasteiger partial charge < -0.3 is 4.74 Å². The normalized spacial score (nSPS) is 15.1. The molecule has 1 aliphatic heterocycles. The van der Waals surface area contributed by atoms with Crippen LogP contribution in [0.1, 0.15) is 69.0 Å². The Labute approximate surface area is 206 Å². The molecule has 34 heavy (non-hydrogen) atoms. The number of anilines is 1. The molecule has 7 heteroatoms. The van der Waals surface area contributed by atoms with Crippen LogP contribution in [0.25, 0.3) is 11.3 Å². The lowest BCUT2D eigenvalue weighted by atomic mass is 9.99. The summed E-state index contributed by atoms with van der Waals surface area (Å²) >= 11 is 1.56. The molecule has 0 N–H and O–H groups in total. The third-order valence-corrected chi connectivity index (χ3v) is 7.07. The Bertz CT molecular complexity index is 1210. The van der Waals surface area contributed by atoms with Crippen molar-refractivity contribution in [3.8, 4) is 17.1 Å². The summed E-state index contributed by atoms with van der Waals surface area (Å²) in [5, 5.41) is 9.50. The van der Waals surface area contributed by atoms with Gasteiger partial charge >= 0.3 is 0 Å². The maximum absolute atomic E-state index is 13.1. The van der Waals surface area contributed by atoms with Crippen LogP contribution in [0.15, 0.2) is 41.6 Å². The van der Waals surface area contributed by atoms with Crippen LogP contribution in [0, 0.1) is 19.8 Å². The fraction of sp³-hybridized carbons (Fsp3) is 0.407. The van der Waals surface area contributed by atoms with Crippen LogP contribution in [-0.4, -0.2) is 26.8 Å². The molecule has 0 radical (unpaired) electrons.